The quantitative estimate of drug-likeness (QED) is 0.786. The molecule has 17 heavy (non-hydrogen) atoms. The lowest BCUT2D eigenvalue weighted by Crippen LogP contribution is -2.48. The molecule has 0 aromatic heterocycles. The first-order valence-electron chi connectivity index (χ1n) is 7.30. The molecule has 0 unspecified atom stereocenters. The van der Waals surface area contributed by atoms with Crippen LogP contribution in [0.3, 0.4) is 0 Å². The predicted molar refractivity (Wildman–Crippen MR) is 70.0 cm³/mol. The van der Waals surface area contributed by atoms with Crippen LogP contribution >= 0.6 is 0 Å². The maximum Gasteiger partial charge on any atom is 0.317 e. The highest BCUT2D eigenvalue weighted by atomic mass is 16.2. The van der Waals surface area contributed by atoms with Gasteiger partial charge in [0.15, 0.2) is 0 Å². The standard InChI is InChI=1S/C14H26N2O/c1-16(13-10-6-3-7-11-13)14(17)15-12-8-4-2-5-9-12/h12-13H,2-11H2,1H3,(H,15,17). The Morgan fingerprint density at radius 3 is 2.06 bits per heavy atom. The Kier molecular flexibility index (Phi) is 4.69. The van der Waals surface area contributed by atoms with E-state index in [0.29, 0.717) is 12.1 Å². The van der Waals surface area contributed by atoms with Gasteiger partial charge in [0.25, 0.3) is 0 Å². The van der Waals surface area contributed by atoms with E-state index in [1.807, 2.05) is 11.9 Å². The monoisotopic (exact) mass is 238 g/mol. The summed E-state index contributed by atoms with van der Waals surface area (Å²) < 4.78 is 0. The zero-order valence-electron chi connectivity index (χ0n) is 11.1. The molecule has 2 rings (SSSR count). The van der Waals surface area contributed by atoms with E-state index in [1.54, 1.807) is 0 Å². The van der Waals surface area contributed by atoms with Gasteiger partial charge in [-0.05, 0) is 25.7 Å². The number of nitrogens with zero attached hydrogens (tertiary/aromatic N) is 1. The Morgan fingerprint density at radius 1 is 0.941 bits per heavy atom. The van der Waals surface area contributed by atoms with E-state index in [0.717, 1.165) is 0 Å². The molecular weight excluding hydrogens is 212 g/mol. The molecule has 0 aliphatic heterocycles. The van der Waals surface area contributed by atoms with Gasteiger partial charge in [-0.15, -0.1) is 0 Å². The zero-order valence-corrected chi connectivity index (χ0v) is 11.1. The van der Waals surface area contributed by atoms with Gasteiger partial charge in [0.2, 0.25) is 0 Å². The lowest BCUT2D eigenvalue weighted by Gasteiger charge is -2.33. The average Bonchev–Trinajstić information content (AvgIpc) is 2.40. The molecule has 98 valence electrons. The summed E-state index contributed by atoms with van der Waals surface area (Å²) in [6.45, 7) is 0. The molecule has 0 spiro atoms. The van der Waals surface area contributed by atoms with E-state index < -0.39 is 0 Å². The summed E-state index contributed by atoms with van der Waals surface area (Å²) in [7, 11) is 1.97. The second kappa shape index (κ2) is 6.27. The molecule has 0 saturated heterocycles. The summed E-state index contributed by atoms with van der Waals surface area (Å²) >= 11 is 0. The Hall–Kier alpha value is -0.730. The second-order valence-corrected chi connectivity index (χ2v) is 5.69. The number of amides is 2. The van der Waals surface area contributed by atoms with Crippen LogP contribution in [0.25, 0.3) is 0 Å². The van der Waals surface area contributed by atoms with Gasteiger partial charge in [-0.1, -0.05) is 38.5 Å². The molecule has 0 radical (unpaired) electrons. The van der Waals surface area contributed by atoms with Crippen LogP contribution in [-0.4, -0.2) is 30.1 Å². The van der Waals surface area contributed by atoms with E-state index in [4.69, 9.17) is 0 Å². The van der Waals surface area contributed by atoms with Crippen LogP contribution in [0.15, 0.2) is 0 Å². The molecule has 2 fully saturated rings. The minimum absolute atomic E-state index is 0.156. The van der Waals surface area contributed by atoms with Crippen molar-refractivity contribution in [3.05, 3.63) is 0 Å². The van der Waals surface area contributed by atoms with Crippen molar-refractivity contribution in [3.8, 4) is 0 Å². The van der Waals surface area contributed by atoms with Crippen LogP contribution in [0.5, 0.6) is 0 Å². The largest absolute Gasteiger partial charge is 0.335 e. The van der Waals surface area contributed by atoms with Crippen LogP contribution in [0.4, 0.5) is 4.79 Å². The maximum atomic E-state index is 12.1. The predicted octanol–water partition coefficient (Wildman–Crippen LogP) is 3.29. The molecular formula is C14H26N2O. The number of rotatable bonds is 2. The highest BCUT2D eigenvalue weighted by Crippen LogP contribution is 2.22. The van der Waals surface area contributed by atoms with Crippen molar-refractivity contribution < 1.29 is 4.79 Å². The van der Waals surface area contributed by atoms with Crippen LogP contribution < -0.4 is 5.32 Å². The average molecular weight is 238 g/mol. The zero-order chi connectivity index (χ0) is 12.1. The summed E-state index contributed by atoms with van der Waals surface area (Å²) in [5.74, 6) is 0. The van der Waals surface area contributed by atoms with Crippen molar-refractivity contribution in [1.82, 2.24) is 10.2 Å². The first-order chi connectivity index (χ1) is 8.27. The van der Waals surface area contributed by atoms with Crippen LogP contribution in [0.2, 0.25) is 0 Å². The molecule has 1 N–H and O–H groups in total. The molecule has 0 heterocycles. The molecule has 0 bridgehead atoms. The molecule has 2 aliphatic rings. The molecule has 3 nitrogen and oxygen atoms in total. The van der Waals surface area contributed by atoms with Crippen LogP contribution in [0.1, 0.15) is 64.2 Å². The molecule has 2 aliphatic carbocycles. The maximum absolute atomic E-state index is 12.1. The molecule has 0 aromatic carbocycles. The molecule has 2 amide bonds. The molecule has 0 aromatic rings. The first-order valence-corrected chi connectivity index (χ1v) is 7.30. The minimum Gasteiger partial charge on any atom is -0.335 e. The van der Waals surface area contributed by atoms with Crippen LogP contribution in [0, 0.1) is 0 Å². The third-order valence-electron chi connectivity index (χ3n) is 4.38. The van der Waals surface area contributed by atoms with Gasteiger partial charge in [-0.2, -0.15) is 0 Å². The normalized spacial score (nSPS) is 23.4. The van der Waals surface area contributed by atoms with Gasteiger partial charge in [0.1, 0.15) is 0 Å². The van der Waals surface area contributed by atoms with Gasteiger partial charge in [-0.3, -0.25) is 0 Å². The summed E-state index contributed by atoms with van der Waals surface area (Å²) in [5.41, 5.74) is 0. The van der Waals surface area contributed by atoms with Crippen molar-refractivity contribution in [3.63, 3.8) is 0 Å². The number of nitrogens with one attached hydrogen (secondary N) is 1. The van der Waals surface area contributed by atoms with E-state index in [2.05, 4.69) is 5.32 Å². The SMILES string of the molecule is CN(C(=O)NC1CCCCC1)C1CCCCC1. The third kappa shape index (κ3) is 3.62. The lowest BCUT2D eigenvalue weighted by atomic mass is 9.94. The van der Waals surface area contributed by atoms with Gasteiger partial charge in [0, 0.05) is 19.1 Å². The molecule has 0 atom stereocenters. The minimum atomic E-state index is 0.156. The van der Waals surface area contributed by atoms with E-state index in [1.165, 1.54) is 64.2 Å². The Morgan fingerprint density at radius 2 is 1.47 bits per heavy atom. The lowest BCUT2D eigenvalue weighted by molar-refractivity contribution is 0.167. The van der Waals surface area contributed by atoms with Gasteiger partial charge >= 0.3 is 6.03 Å². The summed E-state index contributed by atoms with van der Waals surface area (Å²) in [6.07, 6.45) is 12.5. The number of carbonyl (C=O) groups is 1. The smallest absolute Gasteiger partial charge is 0.317 e. The van der Waals surface area contributed by atoms with Gasteiger partial charge in [0.05, 0.1) is 0 Å². The number of urea groups is 1. The van der Waals surface area contributed by atoms with Gasteiger partial charge < -0.3 is 10.2 Å². The molecule has 3 heteroatoms. The van der Waals surface area contributed by atoms with Crippen LogP contribution in [-0.2, 0) is 0 Å². The topological polar surface area (TPSA) is 32.3 Å². The highest BCUT2D eigenvalue weighted by molar-refractivity contribution is 5.74. The van der Waals surface area contributed by atoms with Crippen molar-refractivity contribution >= 4 is 6.03 Å². The second-order valence-electron chi connectivity index (χ2n) is 5.69. The van der Waals surface area contributed by atoms with Gasteiger partial charge in [-0.25, -0.2) is 4.79 Å². The first kappa shape index (κ1) is 12.7. The van der Waals surface area contributed by atoms with Crippen molar-refractivity contribution in [2.24, 2.45) is 0 Å². The third-order valence-corrected chi connectivity index (χ3v) is 4.38. The summed E-state index contributed by atoms with van der Waals surface area (Å²) in [4.78, 5) is 14.1. The van der Waals surface area contributed by atoms with Crippen molar-refractivity contribution in [2.45, 2.75) is 76.3 Å². The van der Waals surface area contributed by atoms with E-state index in [9.17, 15) is 4.79 Å². The van der Waals surface area contributed by atoms with E-state index >= 15 is 0 Å². The van der Waals surface area contributed by atoms with Crippen molar-refractivity contribution in [1.29, 1.82) is 0 Å². The Bertz CT molecular complexity index is 243. The Balaban J connectivity index is 1.77. The fraction of sp³-hybridized carbons (Fsp3) is 0.929. The fourth-order valence-corrected chi connectivity index (χ4v) is 3.16. The fourth-order valence-electron chi connectivity index (χ4n) is 3.16. The highest BCUT2D eigenvalue weighted by Gasteiger charge is 2.24. The summed E-state index contributed by atoms with van der Waals surface area (Å²) in [5, 5.41) is 3.20. The molecule has 2 saturated carbocycles. The van der Waals surface area contributed by atoms with Crippen molar-refractivity contribution in [2.75, 3.05) is 7.05 Å². The number of hydrogen-bond acceptors (Lipinski definition) is 1. The van der Waals surface area contributed by atoms with E-state index in [-0.39, 0.29) is 6.03 Å². The number of hydrogen-bond donors (Lipinski definition) is 1. The summed E-state index contributed by atoms with van der Waals surface area (Å²) in [6, 6.07) is 1.07. The Labute approximate surface area is 105 Å². The number of carbonyl (C=O) groups excluding carboxylic acids is 1.